The van der Waals surface area contributed by atoms with Crippen LogP contribution in [0.3, 0.4) is 0 Å². The predicted molar refractivity (Wildman–Crippen MR) is 136 cm³/mol. The summed E-state index contributed by atoms with van der Waals surface area (Å²) < 4.78 is 3.20. The summed E-state index contributed by atoms with van der Waals surface area (Å²) in [4.78, 5) is 33.3. The van der Waals surface area contributed by atoms with E-state index < -0.39 is 5.69 Å². The summed E-state index contributed by atoms with van der Waals surface area (Å²) in [6.07, 6.45) is 13.5. The molecule has 1 atom stereocenters. The molecule has 0 amide bonds. The van der Waals surface area contributed by atoms with Crippen LogP contribution in [0.4, 0.5) is 0 Å². The number of imidazole rings is 1. The molecule has 1 aliphatic heterocycles. The Balaban J connectivity index is 1.20. The number of rotatable bonds is 15. The van der Waals surface area contributed by atoms with Gasteiger partial charge in [-0.3, -0.25) is 14.3 Å². The number of H-pyrrole nitrogens is 1. The van der Waals surface area contributed by atoms with Crippen LogP contribution in [-0.2, 0) is 20.5 Å². The van der Waals surface area contributed by atoms with Gasteiger partial charge in [0, 0.05) is 40.2 Å². The number of aliphatic hydroxyl groups is 1. The maximum Gasteiger partial charge on any atom is 0.329 e. The van der Waals surface area contributed by atoms with Crippen molar-refractivity contribution in [3.63, 3.8) is 0 Å². The number of nitrogens with one attached hydrogen (secondary N) is 2. The van der Waals surface area contributed by atoms with Crippen LogP contribution in [0.5, 0.6) is 0 Å². The van der Waals surface area contributed by atoms with Crippen LogP contribution >= 0.6 is 0 Å². The lowest BCUT2D eigenvalue weighted by Gasteiger charge is -2.26. The van der Waals surface area contributed by atoms with Gasteiger partial charge in [-0.05, 0) is 38.8 Å². The lowest BCUT2D eigenvalue weighted by Crippen LogP contribution is -2.37. The van der Waals surface area contributed by atoms with E-state index in [9.17, 15) is 14.7 Å². The van der Waals surface area contributed by atoms with Gasteiger partial charge in [0.1, 0.15) is 5.82 Å². The Morgan fingerprint density at radius 3 is 2.38 bits per heavy atom. The van der Waals surface area contributed by atoms with Crippen molar-refractivity contribution in [1.29, 1.82) is 0 Å². The van der Waals surface area contributed by atoms with E-state index in [4.69, 9.17) is 0 Å². The summed E-state index contributed by atoms with van der Waals surface area (Å²) in [5.74, 6) is 0.847. The fourth-order valence-electron chi connectivity index (χ4n) is 4.91. The minimum Gasteiger partial charge on any atom is -0.392 e. The fourth-order valence-corrected chi connectivity index (χ4v) is 4.91. The summed E-state index contributed by atoms with van der Waals surface area (Å²) in [7, 11) is 3.46. The molecule has 1 aliphatic rings. The lowest BCUT2D eigenvalue weighted by atomic mass is 10.1. The molecule has 9 nitrogen and oxygen atoms in total. The van der Waals surface area contributed by atoms with Gasteiger partial charge in [-0.2, -0.15) is 0 Å². The lowest BCUT2D eigenvalue weighted by molar-refractivity contribution is 0.154. The molecule has 0 aliphatic carbocycles. The van der Waals surface area contributed by atoms with Crippen molar-refractivity contribution >= 4 is 11.2 Å². The van der Waals surface area contributed by atoms with Crippen LogP contribution in [0.15, 0.2) is 9.59 Å². The molecule has 0 saturated carbocycles. The first-order chi connectivity index (χ1) is 16.5. The highest BCUT2D eigenvalue weighted by Crippen LogP contribution is 2.14. The molecule has 2 aromatic rings. The molecule has 2 aromatic heterocycles. The molecule has 0 spiro atoms. The topological polar surface area (TPSA) is 108 Å². The summed E-state index contributed by atoms with van der Waals surface area (Å²) in [5, 5.41) is 13.6. The maximum absolute atomic E-state index is 12.1. The minimum absolute atomic E-state index is 0.235. The van der Waals surface area contributed by atoms with Crippen LogP contribution in [-0.4, -0.2) is 67.9 Å². The van der Waals surface area contributed by atoms with Gasteiger partial charge in [0.05, 0.1) is 6.10 Å². The van der Waals surface area contributed by atoms with E-state index in [1.807, 2.05) is 7.05 Å². The average Bonchev–Trinajstić information content (AvgIpc) is 3.16. The molecule has 9 heteroatoms. The van der Waals surface area contributed by atoms with E-state index in [0.29, 0.717) is 17.7 Å². The quantitative estimate of drug-likeness (QED) is 0.340. The molecule has 0 bridgehead atoms. The number of aromatic nitrogens is 4. The highest BCUT2D eigenvalue weighted by atomic mass is 16.3. The third-order valence-electron chi connectivity index (χ3n) is 7.10. The Kier molecular flexibility index (Phi) is 10.8. The van der Waals surface area contributed by atoms with Crippen LogP contribution in [0.2, 0.25) is 0 Å². The number of piperidine rings is 1. The first-order valence-electron chi connectivity index (χ1n) is 13.2. The van der Waals surface area contributed by atoms with Crippen molar-refractivity contribution in [2.45, 2.75) is 83.2 Å². The van der Waals surface area contributed by atoms with Crippen LogP contribution in [0.25, 0.3) is 11.2 Å². The highest BCUT2D eigenvalue weighted by Gasteiger charge is 2.14. The van der Waals surface area contributed by atoms with Gasteiger partial charge < -0.3 is 19.9 Å². The number of unbranched alkanes of at least 4 members (excludes halogenated alkanes) is 6. The molecule has 192 valence electrons. The Morgan fingerprint density at radius 2 is 1.65 bits per heavy atom. The number of aryl methyl sites for hydroxylation is 3. The number of hydrogen-bond acceptors (Lipinski definition) is 6. The fraction of sp³-hybridized carbons (Fsp3) is 0.800. The molecule has 3 rings (SSSR count). The van der Waals surface area contributed by atoms with Gasteiger partial charge in [-0.25, -0.2) is 9.78 Å². The summed E-state index contributed by atoms with van der Waals surface area (Å²) in [5.41, 5.74) is 0.0959. The zero-order valence-electron chi connectivity index (χ0n) is 21.2. The highest BCUT2D eigenvalue weighted by molar-refractivity contribution is 5.70. The maximum atomic E-state index is 12.1. The number of aliphatic hydroxyl groups excluding tert-OH is 1. The van der Waals surface area contributed by atoms with Crippen LogP contribution in [0.1, 0.15) is 76.5 Å². The minimum atomic E-state index is -0.432. The van der Waals surface area contributed by atoms with Crippen molar-refractivity contribution in [2.75, 3.05) is 32.7 Å². The largest absolute Gasteiger partial charge is 0.392 e. The standard InChI is InChI=1S/C25H44N6O3/c1-29-21(27-23-22(29)24(33)28-25(34)30(23)2)14-10-7-5-3-4-6-9-13-20(32)19-26-15-18-31-16-11-8-12-17-31/h20,26,32H,3-19H2,1-2H3,(H,28,33,34). The second-order valence-electron chi connectivity index (χ2n) is 9.85. The SMILES string of the molecule is Cn1c(CCCCCCCCCC(O)CNCCN2CCCCC2)nc2c1c(=O)[nH]c(=O)n2C. The van der Waals surface area contributed by atoms with Gasteiger partial charge >= 0.3 is 5.69 Å². The Hall–Kier alpha value is -1.97. The zero-order valence-corrected chi connectivity index (χ0v) is 21.2. The van der Waals surface area contributed by atoms with E-state index in [1.54, 1.807) is 11.6 Å². The second-order valence-corrected chi connectivity index (χ2v) is 9.85. The van der Waals surface area contributed by atoms with Gasteiger partial charge in [-0.15, -0.1) is 0 Å². The molecule has 34 heavy (non-hydrogen) atoms. The smallest absolute Gasteiger partial charge is 0.329 e. The third-order valence-corrected chi connectivity index (χ3v) is 7.10. The molecule has 1 fully saturated rings. The van der Waals surface area contributed by atoms with Crippen molar-refractivity contribution in [3.8, 4) is 0 Å². The Labute approximate surface area is 202 Å². The first kappa shape index (κ1) is 26.6. The molecule has 0 aromatic carbocycles. The number of hydrogen-bond donors (Lipinski definition) is 3. The van der Waals surface area contributed by atoms with Crippen molar-refractivity contribution in [3.05, 3.63) is 26.7 Å². The van der Waals surface area contributed by atoms with E-state index in [-0.39, 0.29) is 11.7 Å². The summed E-state index contributed by atoms with van der Waals surface area (Å²) >= 11 is 0. The predicted octanol–water partition coefficient (Wildman–Crippen LogP) is 2.06. The summed E-state index contributed by atoms with van der Waals surface area (Å²) in [6.45, 7) is 5.23. The normalized spacial score (nSPS) is 15.9. The molecule has 3 N–H and O–H groups in total. The monoisotopic (exact) mass is 476 g/mol. The first-order valence-corrected chi connectivity index (χ1v) is 13.2. The van der Waals surface area contributed by atoms with E-state index in [1.165, 1.54) is 62.6 Å². The van der Waals surface area contributed by atoms with E-state index in [0.717, 1.165) is 51.0 Å². The van der Waals surface area contributed by atoms with Crippen molar-refractivity contribution in [2.24, 2.45) is 14.1 Å². The molecular weight excluding hydrogens is 432 g/mol. The van der Waals surface area contributed by atoms with Gasteiger partial charge in [0.25, 0.3) is 5.56 Å². The van der Waals surface area contributed by atoms with E-state index >= 15 is 0 Å². The number of nitrogens with zero attached hydrogens (tertiary/aromatic N) is 4. The Bertz CT molecular complexity index is 989. The van der Waals surface area contributed by atoms with Gasteiger partial charge in [0.2, 0.25) is 0 Å². The van der Waals surface area contributed by atoms with Crippen LogP contribution in [0, 0.1) is 0 Å². The van der Waals surface area contributed by atoms with Crippen molar-refractivity contribution in [1.82, 2.24) is 29.3 Å². The molecule has 3 heterocycles. The summed E-state index contributed by atoms with van der Waals surface area (Å²) in [6, 6.07) is 0. The zero-order chi connectivity index (χ0) is 24.3. The molecular formula is C25H44N6O3. The third kappa shape index (κ3) is 7.78. The van der Waals surface area contributed by atoms with Crippen molar-refractivity contribution < 1.29 is 5.11 Å². The molecule has 1 unspecified atom stereocenters. The Morgan fingerprint density at radius 1 is 0.971 bits per heavy atom. The number of likely N-dealkylation sites (tertiary alicyclic amines) is 1. The molecule has 1 saturated heterocycles. The molecule has 0 radical (unpaired) electrons. The second kappa shape index (κ2) is 13.8. The number of fused-ring (bicyclic) bond motifs is 1. The number of aromatic amines is 1. The van der Waals surface area contributed by atoms with Crippen LogP contribution < -0.4 is 16.6 Å². The van der Waals surface area contributed by atoms with Gasteiger partial charge in [0.15, 0.2) is 11.2 Å². The average molecular weight is 477 g/mol. The van der Waals surface area contributed by atoms with Gasteiger partial charge in [-0.1, -0.05) is 44.9 Å². The van der Waals surface area contributed by atoms with E-state index in [2.05, 4.69) is 20.2 Å².